The van der Waals surface area contributed by atoms with Crippen LogP contribution in [0.15, 0.2) is 9.59 Å². The SMILES string of the molecule is CCCCCCCCC(CCC)OC(=O)CCCCCCCN(CCCCCCCC(=O)OC(CCCCCCCC)CCCCCCCC)c1c(OCCC(C)N(C)C)c(=O)c1=O. The molecule has 374 valence electrons. The Hall–Kier alpha value is -2.42. The van der Waals surface area contributed by atoms with Crippen LogP contribution in [0.25, 0.3) is 0 Å². The molecule has 0 saturated heterocycles. The fraction of sp³-hybridized carbons (Fsp3) is 0.891. The molecule has 0 aliphatic carbocycles. The monoisotopic (exact) mass is 903 g/mol. The minimum Gasteiger partial charge on any atom is -0.487 e. The van der Waals surface area contributed by atoms with Gasteiger partial charge in [-0.2, -0.15) is 0 Å². The lowest BCUT2D eigenvalue weighted by molar-refractivity contribution is -0.151. The van der Waals surface area contributed by atoms with E-state index in [0.29, 0.717) is 44.3 Å². The van der Waals surface area contributed by atoms with E-state index >= 15 is 0 Å². The van der Waals surface area contributed by atoms with Gasteiger partial charge in [0.1, 0.15) is 17.9 Å². The van der Waals surface area contributed by atoms with Gasteiger partial charge in [0.25, 0.3) is 10.9 Å². The second-order valence-corrected chi connectivity index (χ2v) is 19.5. The molecule has 64 heavy (non-hydrogen) atoms. The molecule has 9 heteroatoms. The Bertz CT molecular complexity index is 1310. The predicted molar refractivity (Wildman–Crippen MR) is 271 cm³/mol. The van der Waals surface area contributed by atoms with Gasteiger partial charge in [0, 0.05) is 32.0 Å². The van der Waals surface area contributed by atoms with Crippen LogP contribution in [0.2, 0.25) is 0 Å². The highest BCUT2D eigenvalue weighted by Gasteiger charge is 2.27. The number of hydrogen-bond donors (Lipinski definition) is 0. The summed E-state index contributed by atoms with van der Waals surface area (Å²) < 4.78 is 18.0. The quantitative estimate of drug-likeness (QED) is 0.0359. The first-order valence-corrected chi connectivity index (χ1v) is 27.4. The number of esters is 2. The van der Waals surface area contributed by atoms with Crippen LogP contribution in [0.1, 0.15) is 266 Å². The topological polar surface area (TPSA) is 102 Å². The van der Waals surface area contributed by atoms with E-state index in [2.05, 4.69) is 44.4 Å². The maximum atomic E-state index is 13.0. The van der Waals surface area contributed by atoms with Crippen LogP contribution in [-0.4, -0.2) is 68.9 Å². The van der Waals surface area contributed by atoms with Crippen LogP contribution in [0.5, 0.6) is 5.75 Å². The molecule has 0 N–H and O–H groups in total. The summed E-state index contributed by atoms with van der Waals surface area (Å²) >= 11 is 0. The van der Waals surface area contributed by atoms with E-state index in [1.54, 1.807) is 0 Å². The number of hydrogen-bond acceptors (Lipinski definition) is 9. The average molecular weight is 903 g/mol. The van der Waals surface area contributed by atoms with E-state index in [0.717, 1.165) is 122 Å². The molecule has 0 radical (unpaired) electrons. The van der Waals surface area contributed by atoms with E-state index in [1.165, 1.54) is 96.3 Å². The van der Waals surface area contributed by atoms with Gasteiger partial charge in [-0.05, 0) is 98.1 Å². The molecule has 2 unspecified atom stereocenters. The molecule has 1 aromatic carbocycles. The predicted octanol–water partition coefficient (Wildman–Crippen LogP) is 14.4. The van der Waals surface area contributed by atoms with Gasteiger partial charge in [-0.25, -0.2) is 0 Å². The minimum absolute atomic E-state index is 0.0416. The summed E-state index contributed by atoms with van der Waals surface area (Å²) in [5, 5.41) is 0. The van der Waals surface area contributed by atoms with E-state index in [1.807, 2.05) is 14.1 Å². The van der Waals surface area contributed by atoms with E-state index in [4.69, 9.17) is 14.2 Å². The summed E-state index contributed by atoms with van der Waals surface area (Å²) in [6.45, 7) is 12.8. The van der Waals surface area contributed by atoms with Crippen LogP contribution in [0.3, 0.4) is 0 Å². The normalized spacial score (nSPS) is 12.6. The fourth-order valence-electron chi connectivity index (χ4n) is 8.70. The van der Waals surface area contributed by atoms with Gasteiger partial charge in [0.2, 0.25) is 0 Å². The summed E-state index contributed by atoms with van der Waals surface area (Å²) in [5.41, 5.74) is -0.491. The van der Waals surface area contributed by atoms with E-state index in [-0.39, 0.29) is 29.9 Å². The lowest BCUT2D eigenvalue weighted by atomic mass is 10.0. The van der Waals surface area contributed by atoms with Crippen molar-refractivity contribution in [2.45, 2.75) is 284 Å². The lowest BCUT2D eigenvalue weighted by Crippen LogP contribution is -2.42. The maximum Gasteiger partial charge on any atom is 0.306 e. The Morgan fingerprint density at radius 2 is 0.828 bits per heavy atom. The summed E-state index contributed by atoms with van der Waals surface area (Å²) in [6.07, 6.45) is 38.7. The molecule has 0 amide bonds. The molecular formula is C55H102N2O7. The first-order chi connectivity index (χ1) is 31.1. The van der Waals surface area contributed by atoms with Crippen molar-refractivity contribution in [2.24, 2.45) is 0 Å². The molecule has 0 heterocycles. The molecule has 9 nitrogen and oxygen atoms in total. The fourth-order valence-corrected chi connectivity index (χ4v) is 8.70. The largest absolute Gasteiger partial charge is 0.487 e. The first kappa shape index (κ1) is 59.6. The Kier molecular flexibility index (Phi) is 38.0. The van der Waals surface area contributed by atoms with Crippen molar-refractivity contribution >= 4 is 17.6 Å². The van der Waals surface area contributed by atoms with Crippen molar-refractivity contribution in [3.8, 4) is 5.75 Å². The number of anilines is 1. The third-order valence-electron chi connectivity index (χ3n) is 13.3. The highest BCUT2D eigenvalue weighted by Crippen LogP contribution is 2.25. The highest BCUT2D eigenvalue weighted by molar-refractivity contribution is 5.69. The Morgan fingerprint density at radius 1 is 0.453 bits per heavy atom. The number of nitrogens with zero attached hydrogens (tertiary/aromatic N) is 2. The summed E-state index contributed by atoms with van der Waals surface area (Å²) in [6, 6.07) is 0.300. The zero-order valence-electron chi connectivity index (χ0n) is 43.1. The standard InChI is InChI=1S/C55H102N2O7/c1-8-12-15-18-23-30-38-48(37-11-4)63-50(58)41-33-26-21-28-35-44-57(52-53(60)54(61)55(52)62-46-43-47(5)56(6)7)45-36-29-22-27-34-42-51(59)64-49(39-31-24-19-16-13-9-2)40-32-25-20-17-14-10-3/h47-49H,8-46H2,1-7H3. The lowest BCUT2D eigenvalue weighted by Gasteiger charge is -2.28. The molecule has 0 fully saturated rings. The van der Waals surface area contributed by atoms with Crippen LogP contribution in [0, 0.1) is 0 Å². The molecule has 2 atom stereocenters. The molecule has 0 aliphatic heterocycles. The van der Waals surface area contributed by atoms with Crippen LogP contribution >= 0.6 is 0 Å². The number of ether oxygens (including phenoxy) is 3. The zero-order valence-corrected chi connectivity index (χ0v) is 43.1. The Balaban J connectivity index is 2.60. The van der Waals surface area contributed by atoms with Crippen LogP contribution < -0.4 is 20.5 Å². The Labute approximate surface area is 394 Å². The Morgan fingerprint density at radius 3 is 1.23 bits per heavy atom. The van der Waals surface area contributed by atoms with Crippen LogP contribution in [-0.2, 0) is 19.1 Å². The molecular weight excluding hydrogens is 801 g/mol. The third-order valence-corrected chi connectivity index (χ3v) is 13.3. The molecule has 1 rings (SSSR count). The molecule has 0 spiro atoms. The minimum atomic E-state index is -0.509. The highest BCUT2D eigenvalue weighted by atomic mass is 16.5. The number of unbranched alkanes of at least 4 members (excludes halogenated alkanes) is 23. The molecule has 0 aromatic heterocycles. The van der Waals surface area contributed by atoms with Gasteiger partial charge in [0.05, 0.1) is 6.61 Å². The van der Waals surface area contributed by atoms with Gasteiger partial charge in [-0.1, -0.05) is 169 Å². The van der Waals surface area contributed by atoms with Gasteiger partial charge in [-0.15, -0.1) is 0 Å². The summed E-state index contributed by atoms with van der Waals surface area (Å²) in [5.74, 6) is 0.131. The third kappa shape index (κ3) is 30.0. The first-order valence-electron chi connectivity index (χ1n) is 27.4. The molecule has 1 aromatic rings. The second-order valence-electron chi connectivity index (χ2n) is 19.5. The second kappa shape index (κ2) is 40.8. The average Bonchev–Trinajstić information content (AvgIpc) is 3.27. The van der Waals surface area contributed by atoms with Crippen molar-refractivity contribution in [3.05, 3.63) is 20.4 Å². The molecule has 0 saturated carbocycles. The van der Waals surface area contributed by atoms with Crippen molar-refractivity contribution < 1.29 is 23.8 Å². The smallest absolute Gasteiger partial charge is 0.306 e. The molecule has 0 bridgehead atoms. The van der Waals surface area contributed by atoms with Crippen molar-refractivity contribution in [3.63, 3.8) is 0 Å². The van der Waals surface area contributed by atoms with Gasteiger partial charge in [-0.3, -0.25) is 19.2 Å². The maximum absolute atomic E-state index is 13.0. The van der Waals surface area contributed by atoms with Gasteiger partial charge >= 0.3 is 11.9 Å². The van der Waals surface area contributed by atoms with Crippen molar-refractivity contribution in [1.29, 1.82) is 0 Å². The molecule has 0 aliphatic rings. The van der Waals surface area contributed by atoms with Crippen molar-refractivity contribution in [1.82, 2.24) is 4.90 Å². The number of rotatable bonds is 47. The van der Waals surface area contributed by atoms with Crippen LogP contribution in [0.4, 0.5) is 5.69 Å². The zero-order chi connectivity index (χ0) is 47.0. The summed E-state index contributed by atoms with van der Waals surface area (Å²) in [7, 11) is 4.05. The number of carbonyl (C=O) groups is 2. The van der Waals surface area contributed by atoms with Gasteiger partial charge in [0.15, 0.2) is 5.75 Å². The van der Waals surface area contributed by atoms with E-state index < -0.39 is 10.9 Å². The van der Waals surface area contributed by atoms with Crippen molar-refractivity contribution in [2.75, 3.05) is 38.7 Å². The van der Waals surface area contributed by atoms with Gasteiger partial charge < -0.3 is 24.0 Å². The van der Waals surface area contributed by atoms with E-state index in [9.17, 15) is 19.2 Å². The number of carbonyl (C=O) groups excluding carboxylic acids is 2. The summed E-state index contributed by atoms with van der Waals surface area (Å²) in [4.78, 5) is 55.5.